The highest BCUT2D eigenvalue weighted by atomic mass is 35.5. The Morgan fingerprint density at radius 2 is 1.93 bits per heavy atom. The summed E-state index contributed by atoms with van der Waals surface area (Å²) in [7, 11) is 0. The first kappa shape index (κ1) is 19.4. The zero-order valence-corrected chi connectivity index (χ0v) is 15.3. The molecule has 3 aromatic rings. The van der Waals surface area contributed by atoms with E-state index < -0.39 is 0 Å². The van der Waals surface area contributed by atoms with E-state index >= 15 is 0 Å². The lowest BCUT2D eigenvalue weighted by molar-refractivity contribution is 0.135. The Morgan fingerprint density at radius 3 is 2.70 bits per heavy atom. The molecule has 1 saturated heterocycles. The number of rotatable bonds is 4. The van der Waals surface area contributed by atoms with Crippen LogP contribution in [0.15, 0.2) is 53.1 Å². The number of hydrogen-bond donors (Lipinski definition) is 1. The summed E-state index contributed by atoms with van der Waals surface area (Å²) < 4.78 is 32.0. The smallest absolute Gasteiger partial charge is 0.241 e. The molecule has 0 spiro atoms. The minimum absolute atomic E-state index is 0. The molecule has 0 amide bonds. The topological polar surface area (TPSA) is 54.2 Å². The van der Waals surface area contributed by atoms with Crippen LogP contribution in [0.2, 0.25) is 0 Å². The SMILES string of the molecule is Cl.Fc1ccc(-c2noc(CN3CCNCC3c3cccc(F)c3)n2)cc1. The van der Waals surface area contributed by atoms with Gasteiger partial charge in [0.25, 0.3) is 0 Å². The van der Waals surface area contributed by atoms with Gasteiger partial charge in [0.05, 0.1) is 6.54 Å². The van der Waals surface area contributed by atoms with Crippen molar-refractivity contribution in [3.05, 3.63) is 71.6 Å². The van der Waals surface area contributed by atoms with E-state index in [-0.39, 0.29) is 30.1 Å². The molecule has 0 aliphatic carbocycles. The average molecular weight is 393 g/mol. The molecule has 142 valence electrons. The molecule has 2 aromatic carbocycles. The molecule has 1 N–H and O–H groups in total. The predicted molar refractivity (Wildman–Crippen MR) is 99.4 cm³/mol. The maximum Gasteiger partial charge on any atom is 0.241 e. The van der Waals surface area contributed by atoms with Crippen LogP contribution in [-0.4, -0.2) is 34.7 Å². The molecular weight excluding hydrogens is 374 g/mol. The quantitative estimate of drug-likeness (QED) is 0.735. The van der Waals surface area contributed by atoms with Gasteiger partial charge in [0, 0.05) is 31.2 Å². The van der Waals surface area contributed by atoms with Crippen LogP contribution < -0.4 is 5.32 Å². The van der Waals surface area contributed by atoms with Crippen molar-refractivity contribution in [2.24, 2.45) is 0 Å². The van der Waals surface area contributed by atoms with Gasteiger partial charge in [-0.15, -0.1) is 12.4 Å². The summed E-state index contributed by atoms with van der Waals surface area (Å²) in [6, 6.07) is 12.6. The van der Waals surface area contributed by atoms with Crippen molar-refractivity contribution in [2.45, 2.75) is 12.6 Å². The molecule has 1 atom stereocenters. The van der Waals surface area contributed by atoms with Crippen LogP contribution in [0.3, 0.4) is 0 Å². The van der Waals surface area contributed by atoms with Crippen LogP contribution in [-0.2, 0) is 6.54 Å². The van der Waals surface area contributed by atoms with Gasteiger partial charge in [-0.1, -0.05) is 17.3 Å². The third-order valence-corrected chi connectivity index (χ3v) is 4.50. The van der Waals surface area contributed by atoms with Gasteiger partial charge < -0.3 is 9.84 Å². The molecule has 1 aliphatic heterocycles. The fourth-order valence-electron chi connectivity index (χ4n) is 3.19. The molecule has 0 radical (unpaired) electrons. The van der Waals surface area contributed by atoms with Crippen LogP contribution in [0.25, 0.3) is 11.4 Å². The second kappa shape index (κ2) is 8.56. The van der Waals surface area contributed by atoms with E-state index in [9.17, 15) is 8.78 Å². The molecule has 0 bridgehead atoms. The lowest BCUT2D eigenvalue weighted by atomic mass is 10.0. The Morgan fingerprint density at radius 1 is 1.11 bits per heavy atom. The summed E-state index contributed by atoms with van der Waals surface area (Å²) in [5.74, 6) is 0.352. The first-order valence-corrected chi connectivity index (χ1v) is 8.48. The number of piperazine rings is 1. The molecule has 1 fully saturated rings. The summed E-state index contributed by atoms with van der Waals surface area (Å²) in [5, 5.41) is 7.32. The molecule has 0 saturated carbocycles. The van der Waals surface area contributed by atoms with E-state index in [4.69, 9.17) is 4.52 Å². The highest BCUT2D eigenvalue weighted by Crippen LogP contribution is 2.25. The summed E-state index contributed by atoms with van der Waals surface area (Å²) >= 11 is 0. The number of aromatic nitrogens is 2. The summed E-state index contributed by atoms with van der Waals surface area (Å²) in [6.45, 7) is 2.82. The van der Waals surface area contributed by atoms with E-state index in [2.05, 4.69) is 20.4 Å². The van der Waals surface area contributed by atoms with Crippen LogP contribution >= 0.6 is 12.4 Å². The number of halogens is 3. The normalized spacial score (nSPS) is 17.5. The van der Waals surface area contributed by atoms with Crippen molar-refractivity contribution < 1.29 is 13.3 Å². The van der Waals surface area contributed by atoms with Crippen molar-refractivity contribution in [3.8, 4) is 11.4 Å². The number of nitrogens with one attached hydrogen (secondary N) is 1. The molecule has 1 unspecified atom stereocenters. The van der Waals surface area contributed by atoms with Gasteiger partial charge >= 0.3 is 0 Å². The van der Waals surface area contributed by atoms with E-state index in [0.717, 1.165) is 25.2 Å². The third kappa shape index (κ3) is 4.50. The van der Waals surface area contributed by atoms with Gasteiger partial charge in [0.15, 0.2) is 0 Å². The Bertz CT molecular complexity index is 887. The van der Waals surface area contributed by atoms with Gasteiger partial charge in [-0.2, -0.15) is 4.98 Å². The first-order chi connectivity index (χ1) is 12.7. The van der Waals surface area contributed by atoms with Crippen LogP contribution in [0, 0.1) is 11.6 Å². The number of nitrogens with zero attached hydrogens (tertiary/aromatic N) is 3. The molecule has 1 aromatic heterocycles. The predicted octanol–water partition coefficient (Wildman–Crippen LogP) is 3.58. The molecule has 1 aliphatic rings. The van der Waals surface area contributed by atoms with E-state index in [0.29, 0.717) is 23.8 Å². The standard InChI is InChI=1S/C19H18F2N4O.ClH/c20-15-6-4-13(5-7-15)19-23-18(26-24-19)12-25-9-8-22-11-17(25)14-2-1-3-16(21)10-14;/h1-7,10,17,22H,8-9,11-12H2;1H. The monoisotopic (exact) mass is 392 g/mol. The van der Waals surface area contributed by atoms with E-state index in [1.54, 1.807) is 24.3 Å². The molecule has 5 nitrogen and oxygen atoms in total. The minimum atomic E-state index is -0.309. The molecule has 2 heterocycles. The summed E-state index contributed by atoms with van der Waals surface area (Å²) in [4.78, 5) is 6.60. The third-order valence-electron chi connectivity index (χ3n) is 4.50. The summed E-state index contributed by atoms with van der Waals surface area (Å²) in [6.07, 6.45) is 0. The molecular formula is C19H19ClF2N4O. The average Bonchev–Trinajstić information content (AvgIpc) is 3.11. The van der Waals surface area contributed by atoms with Gasteiger partial charge in [-0.05, 0) is 42.0 Å². The Labute approximate surface area is 161 Å². The Hall–Kier alpha value is -2.35. The lowest BCUT2D eigenvalue weighted by Gasteiger charge is -2.35. The maximum atomic E-state index is 13.6. The largest absolute Gasteiger partial charge is 0.338 e. The Kier molecular flexibility index (Phi) is 6.15. The highest BCUT2D eigenvalue weighted by molar-refractivity contribution is 5.85. The van der Waals surface area contributed by atoms with Crippen molar-refractivity contribution in [2.75, 3.05) is 19.6 Å². The van der Waals surface area contributed by atoms with Crippen molar-refractivity contribution >= 4 is 12.4 Å². The van der Waals surface area contributed by atoms with Crippen LogP contribution in [0.4, 0.5) is 8.78 Å². The first-order valence-electron chi connectivity index (χ1n) is 8.48. The Balaban J connectivity index is 0.00000210. The van der Waals surface area contributed by atoms with E-state index in [1.807, 2.05) is 6.07 Å². The summed E-state index contributed by atoms with van der Waals surface area (Å²) in [5.41, 5.74) is 1.61. The number of hydrogen-bond acceptors (Lipinski definition) is 5. The van der Waals surface area contributed by atoms with Gasteiger partial charge in [0.1, 0.15) is 11.6 Å². The van der Waals surface area contributed by atoms with Crippen molar-refractivity contribution in [1.29, 1.82) is 0 Å². The van der Waals surface area contributed by atoms with Gasteiger partial charge in [-0.3, -0.25) is 4.90 Å². The zero-order chi connectivity index (χ0) is 17.9. The second-order valence-electron chi connectivity index (χ2n) is 6.26. The van der Waals surface area contributed by atoms with Gasteiger partial charge in [0.2, 0.25) is 11.7 Å². The van der Waals surface area contributed by atoms with Gasteiger partial charge in [-0.25, -0.2) is 8.78 Å². The molecule has 27 heavy (non-hydrogen) atoms. The van der Waals surface area contributed by atoms with Crippen LogP contribution in [0.1, 0.15) is 17.5 Å². The van der Waals surface area contributed by atoms with Crippen LogP contribution in [0.5, 0.6) is 0 Å². The lowest BCUT2D eigenvalue weighted by Crippen LogP contribution is -2.45. The number of benzene rings is 2. The second-order valence-corrected chi connectivity index (χ2v) is 6.26. The maximum absolute atomic E-state index is 13.6. The molecule has 4 rings (SSSR count). The zero-order valence-electron chi connectivity index (χ0n) is 14.4. The molecule has 8 heteroatoms. The fourth-order valence-corrected chi connectivity index (χ4v) is 3.19. The fraction of sp³-hybridized carbons (Fsp3) is 0.263. The minimum Gasteiger partial charge on any atom is -0.338 e. The van der Waals surface area contributed by atoms with E-state index in [1.165, 1.54) is 18.2 Å². The van der Waals surface area contributed by atoms with Crippen molar-refractivity contribution in [1.82, 2.24) is 20.4 Å². The highest BCUT2D eigenvalue weighted by Gasteiger charge is 2.26. The van der Waals surface area contributed by atoms with Crippen molar-refractivity contribution in [3.63, 3.8) is 0 Å².